The molecule has 1 aromatic heterocycles. The van der Waals surface area contributed by atoms with Gasteiger partial charge in [0.2, 0.25) is 0 Å². The Balaban J connectivity index is 1.74. The molecule has 13 heavy (non-hydrogen) atoms. The van der Waals surface area contributed by atoms with Crippen molar-refractivity contribution in [1.82, 2.24) is 20.2 Å². The standard InChI is InChI=1S/C9H16N4/c1-13-3-2-8(6-13)11-5-9-4-10-7-12-9/h4,7-8,11H,2-3,5-6H2,1H3,(H,10,12). The van der Waals surface area contributed by atoms with Gasteiger partial charge in [0.25, 0.3) is 0 Å². The smallest absolute Gasteiger partial charge is 0.0922 e. The molecule has 4 nitrogen and oxygen atoms in total. The second-order valence-corrected chi connectivity index (χ2v) is 3.71. The Hall–Kier alpha value is -0.870. The van der Waals surface area contributed by atoms with Crippen molar-refractivity contribution in [2.24, 2.45) is 0 Å². The molecule has 1 unspecified atom stereocenters. The van der Waals surface area contributed by atoms with Crippen LogP contribution in [0.25, 0.3) is 0 Å². The fraction of sp³-hybridized carbons (Fsp3) is 0.667. The van der Waals surface area contributed by atoms with Crippen molar-refractivity contribution in [2.45, 2.75) is 19.0 Å². The zero-order chi connectivity index (χ0) is 9.10. The molecule has 1 saturated heterocycles. The van der Waals surface area contributed by atoms with Crippen LogP contribution in [0.2, 0.25) is 0 Å². The maximum atomic E-state index is 3.98. The number of rotatable bonds is 3. The minimum atomic E-state index is 0.647. The van der Waals surface area contributed by atoms with E-state index in [0.29, 0.717) is 6.04 Å². The van der Waals surface area contributed by atoms with Crippen molar-refractivity contribution in [2.75, 3.05) is 20.1 Å². The van der Waals surface area contributed by atoms with Crippen molar-refractivity contribution in [1.29, 1.82) is 0 Å². The van der Waals surface area contributed by atoms with Crippen LogP contribution in [0.5, 0.6) is 0 Å². The number of aromatic nitrogens is 2. The summed E-state index contributed by atoms with van der Waals surface area (Å²) in [5.74, 6) is 0. The van der Waals surface area contributed by atoms with Crippen LogP contribution in [0.4, 0.5) is 0 Å². The molecule has 0 aliphatic carbocycles. The van der Waals surface area contributed by atoms with Gasteiger partial charge in [-0.25, -0.2) is 4.98 Å². The van der Waals surface area contributed by atoms with Gasteiger partial charge in [0.15, 0.2) is 0 Å². The van der Waals surface area contributed by atoms with E-state index in [0.717, 1.165) is 18.8 Å². The molecule has 1 aliphatic heterocycles. The van der Waals surface area contributed by atoms with Gasteiger partial charge in [0, 0.05) is 31.0 Å². The van der Waals surface area contributed by atoms with E-state index in [1.54, 1.807) is 6.33 Å². The van der Waals surface area contributed by atoms with Crippen molar-refractivity contribution < 1.29 is 0 Å². The lowest BCUT2D eigenvalue weighted by Gasteiger charge is -2.11. The molecule has 0 radical (unpaired) electrons. The summed E-state index contributed by atoms with van der Waals surface area (Å²) in [7, 11) is 2.16. The number of nitrogens with zero attached hydrogens (tertiary/aromatic N) is 2. The molecule has 1 aliphatic rings. The molecular formula is C9H16N4. The van der Waals surface area contributed by atoms with Crippen molar-refractivity contribution >= 4 is 0 Å². The molecule has 0 saturated carbocycles. The third kappa shape index (κ3) is 2.29. The molecule has 0 bridgehead atoms. The summed E-state index contributed by atoms with van der Waals surface area (Å²) in [6.07, 6.45) is 4.84. The maximum absolute atomic E-state index is 3.98. The first kappa shape index (κ1) is 8.72. The molecule has 1 atom stereocenters. The van der Waals surface area contributed by atoms with Crippen LogP contribution < -0.4 is 5.32 Å². The zero-order valence-electron chi connectivity index (χ0n) is 7.95. The highest BCUT2D eigenvalue weighted by molar-refractivity contribution is 4.94. The van der Waals surface area contributed by atoms with E-state index >= 15 is 0 Å². The molecular weight excluding hydrogens is 164 g/mol. The van der Waals surface area contributed by atoms with E-state index in [9.17, 15) is 0 Å². The van der Waals surface area contributed by atoms with Gasteiger partial charge in [-0.05, 0) is 20.0 Å². The summed E-state index contributed by atoms with van der Waals surface area (Å²) in [5.41, 5.74) is 1.16. The SMILES string of the molecule is CN1CCC(NCc2cnc[nH]2)C1. The van der Waals surface area contributed by atoms with Crippen LogP contribution in [0.1, 0.15) is 12.1 Å². The molecule has 2 heterocycles. The van der Waals surface area contributed by atoms with Gasteiger partial charge in [-0.1, -0.05) is 0 Å². The Kier molecular flexibility index (Phi) is 2.61. The van der Waals surface area contributed by atoms with Crippen LogP contribution in [0.15, 0.2) is 12.5 Å². The average molecular weight is 180 g/mol. The number of hydrogen-bond acceptors (Lipinski definition) is 3. The first-order chi connectivity index (χ1) is 6.34. The second kappa shape index (κ2) is 3.89. The number of aromatic amines is 1. The predicted octanol–water partition coefficient (Wildman–Crippen LogP) is 0.203. The fourth-order valence-corrected chi connectivity index (χ4v) is 1.74. The summed E-state index contributed by atoms with van der Waals surface area (Å²) < 4.78 is 0. The number of H-pyrrole nitrogens is 1. The number of likely N-dealkylation sites (N-methyl/N-ethyl adjacent to an activating group) is 1. The second-order valence-electron chi connectivity index (χ2n) is 3.71. The molecule has 1 aromatic rings. The fourth-order valence-electron chi connectivity index (χ4n) is 1.74. The first-order valence-corrected chi connectivity index (χ1v) is 4.74. The Bertz CT molecular complexity index is 244. The average Bonchev–Trinajstić information content (AvgIpc) is 2.71. The first-order valence-electron chi connectivity index (χ1n) is 4.74. The van der Waals surface area contributed by atoms with E-state index in [4.69, 9.17) is 0 Å². The summed E-state index contributed by atoms with van der Waals surface area (Å²) >= 11 is 0. The van der Waals surface area contributed by atoms with Gasteiger partial charge < -0.3 is 15.2 Å². The zero-order valence-corrected chi connectivity index (χ0v) is 7.95. The molecule has 1 fully saturated rings. The predicted molar refractivity (Wildman–Crippen MR) is 51.3 cm³/mol. The quantitative estimate of drug-likeness (QED) is 0.698. The van der Waals surface area contributed by atoms with Crippen LogP contribution in [0, 0.1) is 0 Å². The summed E-state index contributed by atoms with van der Waals surface area (Å²) in [5, 5.41) is 3.50. The van der Waals surface area contributed by atoms with Crippen molar-refractivity contribution in [3.63, 3.8) is 0 Å². The van der Waals surface area contributed by atoms with Crippen LogP contribution >= 0.6 is 0 Å². The lowest BCUT2D eigenvalue weighted by Crippen LogP contribution is -2.31. The number of hydrogen-bond donors (Lipinski definition) is 2. The lowest BCUT2D eigenvalue weighted by atomic mass is 10.2. The highest BCUT2D eigenvalue weighted by atomic mass is 15.2. The summed E-state index contributed by atoms with van der Waals surface area (Å²) in [6.45, 7) is 3.27. The van der Waals surface area contributed by atoms with Gasteiger partial charge in [0.05, 0.1) is 6.33 Å². The summed E-state index contributed by atoms with van der Waals surface area (Å²) in [6, 6.07) is 0.647. The van der Waals surface area contributed by atoms with E-state index in [1.807, 2.05) is 6.20 Å². The van der Waals surface area contributed by atoms with Gasteiger partial charge >= 0.3 is 0 Å². The molecule has 2 rings (SSSR count). The van der Waals surface area contributed by atoms with Gasteiger partial charge in [-0.15, -0.1) is 0 Å². The van der Waals surface area contributed by atoms with Crippen LogP contribution in [-0.4, -0.2) is 41.0 Å². The van der Waals surface area contributed by atoms with Crippen LogP contribution in [0.3, 0.4) is 0 Å². The highest BCUT2D eigenvalue weighted by Gasteiger charge is 2.18. The molecule has 0 spiro atoms. The minimum absolute atomic E-state index is 0.647. The molecule has 0 aromatic carbocycles. The van der Waals surface area contributed by atoms with E-state index in [1.165, 1.54) is 13.0 Å². The van der Waals surface area contributed by atoms with Gasteiger partial charge in [-0.2, -0.15) is 0 Å². The van der Waals surface area contributed by atoms with Crippen molar-refractivity contribution in [3.8, 4) is 0 Å². The topological polar surface area (TPSA) is 44.0 Å². The maximum Gasteiger partial charge on any atom is 0.0922 e. The molecule has 0 amide bonds. The Morgan fingerprint density at radius 1 is 1.77 bits per heavy atom. The van der Waals surface area contributed by atoms with Gasteiger partial charge in [0.1, 0.15) is 0 Å². The summed E-state index contributed by atoms with van der Waals surface area (Å²) in [4.78, 5) is 9.41. The highest BCUT2D eigenvalue weighted by Crippen LogP contribution is 2.06. The third-order valence-electron chi connectivity index (χ3n) is 2.53. The van der Waals surface area contributed by atoms with Crippen molar-refractivity contribution in [3.05, 3.63) is 18.2 Å². The largest absolute Gasteiger partial charge is 0.347 e. The van der Waals surface area contributed by atoms with E-state index in [-0.39, 0.29) is 0 Å². The molecule has 2 N–H and O–H groups in total. The van der Waals surface area contributed by atoms with Crippen LogP contribution in [-0.2, 0) is 6.54 Å². The van der Waals surface area contributed by atoms with E-state index in [2.05, 4.69) is 27.2 Å². The number of imidazole rings is 1. The van der Waals surface area contributed by atoms with E-state index < -0.39 is 0 Å². The minimum Gasteiger partial charge on any atom is -0.347 e. The number of nitrogens with one attached hydrogen (secondary N) is 2. The number of likely N-dealkylation sites (tertiary alicyclic amines) is 1. The Morgan fingerprint density at radius 3 is 3.31 bits per heavy atom. The third-order valence-corrected chi connectivity index (χ3v) is 2.53. The monoisotopic (exact) mass is 180 g/mol. The molecule has 4 heteroatoms. The normalized spacial score (nSPS) is 23.9. The van der Waals surface area contributed by atoms with Gasteiger partial charge in [-0.3, -0.25) is 0 Å². The lowest BCUT2D eigenvalue weighted by molar-refractivity contribution is 0.397. The molecule has 72 valence electrons. The Labute approximate surface area is 78.4 Å². The Morgan fingerprint density at radius 2 is 2.69 bits per heavy atom.